The maximum Gasteiger partial charge on any atom is 0.228 e. The molecule has 1 aliphatic heterocycles. The summed E-state index contributed by atoms with van der Waals surface area (Å²) in [6, 6.07) is 13.6. The van der Waals surface area contributed by atoms with Gasteiger partial charge in [-0.3, -0.25) is 4.79 Å². The van der Waals surface area contributed by atoms with E-state index in [9.17, 15) is 4.79 Å². The van der Waals surface area contributed by atoms with Gasteiger partial charge in [0.2, 0.25) is 11.7 Å². The number of pyridine rings is 1. The van der Waals surface area contributed by atoms with E-state index in [0.29, 0.717) is 11.6 Å². The Hall–Kier alpha value is -2.65. The fraction of sp³-hybridized carbons (Fsp3) is 0.435. The van der Waals surface area contributed by atoms with Crippen LogP contribution in [0.2, 0.25) is 0 Å². The number of unbranched alkanes of at least 4 members (excludes halogenated alkanes) is 2. The van der Waals surface area contributed by atoms with Crippen LogP contribution in [0.15, 0.2) is 53.1 Å². The Morgan fingerprint density at radius 2 is 1.81 bits per heavy atom. The molecule has 4 rings (SSSR count). The Kier molecular flexibility index (Phi) is 7.95. The highest BCUT2D eigenvalue weighted by Crippen LogP contribution is 2.20. The number of halogens is 1. The van der Waals surface area contributed by atoms with Gasteiger partial charge in [-0.25, -0.2) is 4.98 Å². The molecule has 1 fully saturated rings. The molecule has 1 saturated heterocycles. The molecule has 1 aromatic carbocycles. The molecular formula is C23H28BrN7O. The van der Waals surface area contributed by atoms with Gasteiger partial charge in [-0.05, 0) is 78.6 Å². The zero-order valence-corrected chi connectivity index (χ0v) is 19.6. The van der Waals surface area contributed by atoms with Gasteiger partial charge in [0.05, 0.1) is 6.54 Å². The van der Waals surface area contributed by atoms with Crippen molar-refractivity contribution in [2.45, 2.75) is 38.6 Å². The number of piperidine rings is 1. The summed E-state index contributed by atoms with van der Waals surface area (Å²) in [5, 5.41) is 15.7. The van der Waals surface area contributed by atoms with E-state index in [-0.39, 0.29) is 11.8 Å². The van der Waals surface area contributed by atoms with Crippen LogP contribution >= 0.6 is 15.9 Å². The number of nitrogens with one attached hydrogen (secondary N) is 1. The molecule has 0 aliphatic carbocycles. The Morgan fingerprint density at radius 3 is 2.56 bits per heavy atom. The van der Waals surface area contributed by atoms with Crippen LogP contribution in [0.1, 0.15) is 32.1 Å². The van der Waals surface area contributed by atoms with Gasteiger partial charge in [0.25, 0.3) is 0 Å². The van der Waals surface area contributed by atoms with Crippen molar-refractivity contribution in [1.29, 1.82) is 0 Å². The highest BCUT2D eigenvalue weighted by atomic mass is 79.9. The predicted molar refractivity (Wildman–Crippen MR) is 127 cm³/mol. The number of tetrazole rings is 1. The number of anilines is 1. The number of amides is 1. The molecule has 1 N–H and O–H groups in total. The summed E-state index contributed by atoms with van der Waals surface area (Å²) < 4.78 is 0.901. The molecule has 0 unspecified atom stereocenters. The lowest BCUT2D eigenvalue weighted by atomic mass is 9.95. The van der Waals surface area contributed by atoms with Gasteiger partial charge >= 0.3 is 0 Å². The Balaban J connectivity index is 1.10. The standard InChI is InChI=1S/C23H28BrN7O/c24-20-9-10-21(25-17-20)26-23(32)19-11-15-30(16-12-19)13-5-2-6-14-31-28-22(27-29-31)18-7-3-1-4-8-18/h1,3-4,7-10,17,19H,2,5-6,11-16H2,(H,25,26,32). The normalized spacial score (nSPS) is 15.0. The molecule has 2 aromatic heterocycles. The van der Waals surface area contributed by atoms with Crippen LogP contribution in [0.5, 0.6) is 0 Å². The molecule has 0 radical (unpaired) electrons. The molecule has 9 heteroatoms. The number of aryl methyl sites for hydroxylation is 1. The molecule has 8 nitrogen and oxygen atoms in total. The number of likely N-dealkylation sites (tertiary alicyclic amines) is 1. The second-order valence-electron chi connectivity index (χ2n) is 8.10. The van der Waals surface area contributed by atoms with Crippen molar-refractivity contribution in [3.8, 4) is 11.4 Å². The number of aromatic nitrogens is 5. The lowest BCUT2D eigenvalue weighted by molar-refractivity contribution is -0.121. The maximum atomic E-state index is 12.5. The first kappa shape index (κ1) is 22.5. The molecule has 1 amide bonds. The largest absolute Gasteiger partial charge is 0.310 e. The van der Waals surface area contributed by atoms with E-state index in [1.165, 1.54) is 0 Å². The second kappa shape index (κ2) is 11.3. The van der Waals surface area contributed by atoms with Crippen LogP contribution in [0.25, 0.3) is 11.4 Å². The Bertz CT molecular complexity index is 985. The minimum absolute atomic E-state index is 0.0638. The number of benzene rings is 1. The summed E-state index contributed by atoms with van der Waals surface area (Å²) in [6.45, 7) is 3.79. The van der Waals surface area contributed by atoms with Gasteiger partial charge in [-0.1, -0.05) is 36.8 Å². The summed E-state index contributed by atoms with van der Waals surface area (Å²) in [5.41, 5.74) is 0.990. The third-order valence-electron chi connectivity index (χ3n) is 5.75. The van der Waals surface area contributed by atoms with Crippen molar-refractivity contribution in [2.24, 2.45) is 5.92 Å². The first-order valence-corrected chi connectivity index (χ1v) is 11.9. The first-order valence-electron chi connectivity index (χ1n) is 11.2. The lowest BCUT2D eigenvalue weighted by Gasteiger charge is -2.31. The second-order valence-corrected chi connectivity index (χ2v) is 9.02. The van der Waals surface area contributed by atoms with E-state index in [1.54, 1.807) is 11.0 Å². The summed E-state index contributed by atoms with van der Waals surface area (Å²) >= 11 is 3.36. The number of rotatable bonds is 9. The number of carbonyl (C=O) groups excluding carboxylic acids is 1. The highest BCUT2D eigenvalue weighted by molar-refractivity contribution is 9.10. The summed E-state index contributed by atoms with van der Waals surface area (Å²) in [7, 11) is 0. The van der Waals surface area contributed by atoms with Gasteiger partial charge in [-0.15, -0.1) is 10.2 Å². The van der Waals surface area contributed by atoms with Crippen LogP contribution < -0.4 is 5.32 Å². The van der Waals surface area contributed by atoms with Gasteiger partial charge in [0.15, 0.2) is 0 Å². The van der Waals surface area contributed by atoms with Gasteiger partial charge in [0.1, 0.15) is 5.82 Å². The summed E-state index contributed by atoms with van der Waals surface area (Å²) in [6.07, 6.45) is 6.78. The molecular weight excluding hydrogens is 470 g/mol. The average Bonchev–Trinajstić information content (AvgIpc) is 3.30. The highest BCUT2D eigenvalue weighted by Gasteiger charge is 2.24. The minimum atomic E-state index is 0.0638. The molecule has 1 aliphatic rings. The number of carbonyl (C=O) groups is 1. The quantitative estimate of drug-likeness (QED) is 0.449. The predicted octanol–water partition coefficient (Wildman–Crippen LogP) is 4.02. The molecule has 168 valence electrons. The Morgan fingerprint density at radius 1 is 1.03 bits per heavy atom. The molecule has 0 saturated carbocycles. The van der Waals surface area contributed by atoms with Crippen molar-refractivity contribution in [3.63, 3.8) is 0 Å². The van der Waals surface area contributed by atoms with Crippen LogP contribution in [-0.4, -0.2) is 55.6 Å². The van der Waals surface area contributed by atoms with E-state index in [0.717, 1.165) is 68.3 Å². The molecule has 3 aromatic rings. The van der Waals surface area contributed by atoms with Crippen molar-refractivity contribution in [3.05, 3.63) is 53.1 Å². The Labute approximate surface area is 196 Å². The van der Waals surface area contributed by atoms with Crippen molar-refractivity contribution >= 4 is 27.7 Å². The molecule has 0 spiro atoms. The third-order valence-corrected chi connectivity index (χ3v) is 6.22. The van der Waals surface area contributed by atoms with Crippen LogP contribution in [0.4, 0.5) is 5.82 Å². The van der Waals surface area contributed by atoms with E-state index < -0.39 is 0 Å². The minimum Gasteiger partial charge on any atom is -0.310 e. The van der Waals surface area contributed by atoms with Gasteiger partial charge < -0.3 is 10.2 Å². The van der Waals surface area contributed by atoms with Crippen LogP contribution in [-0.2, 0) is 11.3 Å². The summed E-state index contributed by atoms with van der Waals surface area (Å²) in [5.74, 6) is 1.43. The van der Waals surface area contributed by atoms with Gasteiger partial charge in [0, 0.05) is 22.2 Å². The maximum absolute atomic E-state index is 12.5. The number of nitrogens with zero attached hydrogens (tertiary/aromatic N) is 6. The van der Waals surface area contributed by atoms with Gasteiger partial charge in [-0.2, -0.15) is 4.80 Å². The first-order chi connectivity index (χ1) is 15.7. The van der Waals surface area contributed by atoms with Crippen LogP contribution in [0, 0.1) is 5.92 Å². The molecule has 32 heavy (non-hydrogen) atoms. The topological polar surface area (TPSA) is 88.8 Å². The fourth-order valence-corrected chi connectivity index (χ4v) is 4.14. The molecule has 0 atom stereocenters. The zero-order chi connectivity index (χ0) is 22.2. The van der Waals surface area contributed by atoms with Crippen molar-refractivity contribution in [1.82, 2.24) is 30.1 Å². The van der Waals surface area contributed by atoms with E-state index in [1.807, 2.05) is 42.5 Å². The number of hydrogen-bond acceptors (Lipinski definition) is 6. The van der Waals surface area contributed by atoms with E-state index in [2.05, 4.69) is 46.5 Å². The SMILES string of the molecule is O=C(Nc1ccc(Br)cn1)C1CCN(CCCCCn2nnc(-c3ccccc3)n2)CC1. The van der Waals surface area contributed by atoms with E-state index in [4.69, 9.17) is 0 Å². The number of hydrogen-bond donors (Lipinski definition) is 1. The smallest absolute Gasteiger partial charge is 0.228 e. The monoisotopic (exact) mass is 497 g/mol. The average molecular weight is 498 g/mol. The zero-order valence-electron chi connectivity index (χ0n) is 18.0. The van der Waals surface area contributed by atoms with Crippen molar-refractivity contribution < 1.29 is 4.79 Å². The third kappa shape index (κ3) is 6.43. The van der Waals surface area contributed by atoms with E-state index >= 15 is 0 Å². The van der Waals surface area contributed by atoms with Crippen molar-refractivity contribution in [2.75, 3.05) is 25.0 Å². The molecule has 0 bridgehead atoms. The summed E-state index contributed by atoms with van der Waals surface area (Å²) in [4.78, 5) is 20.9. The van der Waals surface area contributed by atoms with Crippen LogP contribution in [0.3, 0.4) is 0 Å². The molecule has 3 heterocycles. The fourth-order valence-electron chi connectivity index (χ4n) is 3.90. The lowest BCUT2D eigenvalue weighted by Crippen LogP contribution is -2.38.